The van der Waals surface area contributed by atoms with Crippen LogP contribution in [0, 0.1) is 12.3 Å². The summed E-state index contributed by atoms with van der Waals surface area (Å²) in [4.78, 5) is 33.3. The molecule has 2 aliphatic heterocycles. The normalized spacial score (nSPS) is 20.9. The number of carbonyl (C=O) groups is 2. The van der Waals surface area contributed by atoms with Gasteiger partial charge in [-0.1, -0.05) is 49.4 Å². The van der Waals surface area contributed by atoms with Gasteiger partial charge in [-0.25, -0.2) is 4.79 Å². The van der Waals surface area contributed by atoms with Crippen LogP contribution in [0.3, 0.4) is 0 Å². The molecule has 0 spiro atoms. The minimum atomic E-state index is -4.48. The summed E-state index contributed by atoms with van der Waals surface area (Å²) in [6.45, 7) is 14.1. The number of rotatable bonds is 8. The zero-order valence-corrected chi connectivity index (χ0v) is 24.4. The van der Waals surface area contributed by atoms with Gasteiger partial charge in [-0.05, 0) is 73.9 Å². The highest BCUT2D eigenvalue weighted by Crippen LogP contribution is 2.49. The van der Waals surface area contributed by atoms with Crippen molar-refractivity contribution in [3.63, 3.8) is 0 Å². The van der Waals surface area contributed by atoms with Gasteiger partial charge in [0.15, 0.2) is 0 Å². The molecule has 2 saturated heterocycles. The maximum absolute atomic E-state index is 14.2. The van der Waals surface area contributed by atoms with E-state index >= 15 is 0 Å². The molecule has 0 radical (unpaired) electrons. The number of fused-ring (bicyclic) bond motifs is 1. The van der Waals surface area contributed by atoms with Crippen LogP contribution < -0.4 is 0 Å². The first kappa shape index (κ1) is 30.4. The minimum absolute atomic E-state index is 0.0609. The first-order valence-electron chi connectivity index (χ1n) is 14.2. The van der Waals surface area contributed by atoms with Crippen LogP contribution in [0.25, 0.3) is 0 Å². The molecule has 3 unspecified atom stereocenters. The third-order valence-electron chi connectivity index (χ3n) is 8.94. The van der Waals surface area contributed by atoms with Crippen LogP contribution in [0.2, 0.25) is 0 Å². The van der Waals surface area contributed by atoms with E-state index in [9.17, 15) is 22.8 Å². The number of carbonyl (C=O) groups excluding carboxylic acids is 2. The van der Waals surface area contributed by atoms with Crippen LogP contribution in [-0.2, 0) is 17.4 Å². The van der Waals surface area contributed by atoms with Gasteiger partial charge in [-0.3, -0.25) is 4.79 Å². The summed E-state index contributed by atoms with van der Waals surface area (Å²) < 4.78 is 41.0. The van der Waals surface area contributed by atoms with Crippen molar-refractivity contribution < 1.29 is 22.8 Å². The van der Waals surface area contributed by atoms with E-state index in [2.05, 4.69) is 13.2 Å². The highest BCUT2D eigenvalue weighted by Gasteiger charge is 2.56. The van der Waals surface area contributed by atoms with Crippen molar-refractivity contribution in [3.05, 3.63) is 95.6 Å². The number of benzene rings is 2. The Hall–Kier alpha value is -3.55. The number of piperazine rings is 1. The topological polar surface area (TPSA) is 43.9 Å². The fraction of sp³-hybridized carbons (Fsp3) is 0.455. The first-order chi connectivity index (χ1) is 19.4. The SMILES string of the molecule is C=CCC1(CC=C)CC2C(c3ccccc3C)N(C(=O)N(C)C(C)c3cc(CC)cc(C(F)(F)F)c3)CCN2C1=O. The number of aryl methyl sites for hydroxylation is 2. The number of allylic oxidation sites excluding steroid dienone is 2. The average molecular weight is 568 g/mol. The number of hydrogen-bond donors (Lipinski definition) is 0. The second-order valence-corrected chi connectivity index (χ2v) is 11.4. The molecule has 220 valence electrons. The fourth-order valence-electron chi connectivity index (χ4n) is 6.57. The van der Waals surface area contributed by atoms with E-state index in [0.717, 1.165) is 17.2 Å². The van der Waals surface area contributed by atoms with Gasteiger partial charge in [0.05, 0.1) is 29.1 Å². The highest BCUT2D eigenvalue weighted by molar-refractivity contribution is 5.87. The third kappa shape index (κ3) is 5.66. The van der Waals surface area contributed by atoms with E-state index in [-0.39, 0.29) is 18.0 Å². The molecule has 2 aromatic rings. The van der Waals surface area contributed by atoms with Gasteiger partial charge in [0.25, 0.3) is 0 Å². The zero-order chi connectivity index (χ0) is 30.1. The summed E-state index contributed by atoms with van der Waals surface area (Å²) in [5, 5.41) is 0. The highest BCUT2D eigenvalue weighted by atomic mass is 19.4. The molecule has 4 rings (SSSR count). The summed E-state index contributed by atoms with van der Waals surface area (Å²) in [5.74, 6) is 0.0609. The second kappa shape index (κ2) is 11.7. The summed E-state index contributed by atoms with van der Waals surface area (Å²) in [6.07, 6.45) is 1.12. The maximum Gasteiger partial charge on any atom is 0.416 e. The third-order valence-corrected chi connectivity index (χ3v) is 8.94. The van der Waals surface area contributed by atoms with Crippen molar-refractivity contribution >= 4 is 11.9 Å². The standard InChI is InChI=1S/C33H40F3N3O2/c1-7-14-32(15-8-2)21-28-29(27-13-11-10-12-22(27)4)39(17-16-38(28)30(32)40)31(41)37(6)23(5)25-18-24(9-3)19-26(20-25)33(34,35)36/h7-8,10-13,18-20,23,28-29H,1-2,9,14-17,21H2,3-6H3. The summed E-state index contributed by atoms with van der Waals surface area (Å²) in [5.41, 5.74) is 1.61. The van der Waals surface area contributed by atoms with Gasteiger partial charge >= 0.3 is 12.2 Å². The molecule has 2 heterocycles. The van der Waals surface area contributed by atoms with Crippen molar-refractivity contribution in [2.75, 3.05) is 20.1 Å². The zero-order valence-electron chi connectivity index (χ0n) is 24.4. The number of amides is 3. The number of urea groups is 1. The Bertz CT molecular complexity index is 1310. The molecule has 0 aromatic heterocycles. The van der Waals surface area contributed by atoms with E-state index in [1.807, 2.05) is 43.0 Å². The molecule has 3 atom stereocenters. The van der Waals surface area contributed by atoms with Gasteiger partial charge in [0.2, 0.25) is 5.91 Å². The Labute approximate surface area is 241 Å². The summed E-state index contributed by atoms with van der Waals surface area (Å²) in [6, 6.07) is 10.4. The monoisotopic (exact) mass is 567 g/mol. The second-order valence-electron chi connectivity index (χ2n) is 11.4. The predicted octanol–water partition coefficient (Wildman–Crippen LogP) is 7.49. The quantitative estimate of drug-likeness (QED) is 0.310. The number of nitrogens with zero attached hydrogens (tertiary/aromatic N) is 3. The lowest BCUT2D eigenvalue weighted by molar-refractivity contribution is -0.139. The minimum Gasteiger partial charge on any atom is -0.335 e. The lowest BCUT2D eigenvalue weighted by Crippen LogP contribution is -2.57. The van der Waals surface area contributed by atoms with Crippen LogP contribution in [-0.4, -0.2) is 52.8 Å². The van der Waals surface area contributed by atoms with E-state index < -0.39 is 29.2 Å². The van der Waals surface area contributed by atoms with Crippen molar-refractivity contribution in [3.8, 4) is 0 Å². The summed E-state index contributed by atoms with van der Waals surface area (Å²) in [7, 11) is 1.64. The smallest absolute Gasteiger partial charge is 0.335 e. The predicted molar refractivity (Wildman–Crippen MR) is 155 cm³/mol. The molecule has 0 bridgehead atoms. The van der Waals surface area contributed by atoms with Gasteiger partial charge in [0, 0.05) is 20.1 Å². The Morgan fingerprint density at radius 1 is 1.15 bits per heavy atom. The number of alkyl halides is 3. The van der Waals surface area contributed by atoms with Gasteiger partial charge in [-0.2, -0.15) is 13.2 Å². The Kier molecular flexibility index (Phi) is 8.71. The van der Waals surface area contributed by atoms with Gasteiger partial charge < -0.3 is 14.7 Å². The van der Waals surface area contributed by atoms with E-state index in [0.29, 0.717) is 49.9 Å². The molecule has 8 heteroatoms. The molecule has 2 aromatic carbocycles. The molecule has 41 heavy (non-hydrogen) atoms. The van der Waals surface area contributed by atoms with Crippen molar-refractivity contribution in [2.24, 2.45) is 5.41 Å². The van der Waals surface area contributed by atoms with Crippen LogP contribution in [0.5, 0.6) is 0 Å². The number of hydrogen-bond acceptors (Lipinski definition) is 2. The lowest BCUT2D eigenvalue weighted by atomic mass is 9.76. The molecule has 0 aliphatic carbocycles. The molecular weight excluding hydrogens is 527 g/mol. The average Bonchev–Trinajstić information content (AvgIpc) is 3.22. The Morgan fingerprint density at radius 3 is 2.39 bits per heavy atom. The van der Waals surface area contributed by atoms with E-state index in [1.54, 1.807) is 37.1 Å². The largest absolute Gasteiger partial charge is 0.416 e. The first-order valence-corrected chi connectivity index (χ1v) is 14.2. The Morgan fingerprint density at radius 2 is 1.80 bits per heavy atom. The van der Waals surface area contributed by atoms with E-state index in [4.69, 9.17) is 0 Å². The van der Waals surface area contributed by atoms with E-state index in [1.165, 1.54) is 11.0 Å². The van der Waals surface area contributed by atoms with Crippen molar-refractivity contribution in [2.45, 2.75) is 70.8 Å². The molecule has 5 nitrogen and oxygen atoms in total. The van der Waals surface area contributed by atoms with Crippen LogP contribution >= 0.6 is 0 Å². The number of halogens is 3. The van der Waals surface area contributed by atoms with Crippen LogP contribution in [0.4, 0.5) is 18.0 Å². The molecular formula is C33H40F3N3O2. The fourth-order valence-corrected chi connectivity index (χ4v) is 6.57. The molecule has 0 N–H and O–H groups in total. The van der Waals surface area contributed by atoms with Gasteiger partial charge in [0.1, 0.15) is 0 Å². The lowest BCUT2D eigenvalue weighted by Gasteiger charge is -2.47. The summed E-state index contributed by atoms with van der Waals surface area (Å²) >= 11 is 0. The molecule has 2 aliphatic rings. The molecule has 0 saturated carbocycles. The molecule has 2 fully saturated rings. The van der Waals surface area contributed by atoms with Crippen LogP contribution in [0.15, 0.2) is 67.8 Å². The van der Waals surface area contributed by atoms with Gasteiger partial charge in [-0.15, -0.1) is 13.2 Å². The van der Waals surface area contributed by atoms with Crippen molar-refractivity contribution in [1.29, 1.82) is 0 Å². The van der Waals surface area contributed by atoms with Crippen LogP contribution in [0.1, 0.15) is 73.0 Å². The molecule has 3 amide bonds. The van der Waals surface area contributed by atoms with Crippen molar-refractivity contribution in [1.82, 2.24) is 14.7 Å². The Balaban J connectivity index is 1.73. The maximum atomic E-state index is 14.2.